The number of aromatic nitrogens is 4. The summed E-state index contributed by atoms with van der Waals surface area (Å²) < 4.78 is 34.9. The molecular weight excluding hydrogens is 422 g/mol. The summed E-state index contributed by atoms with van der Waals surface area (Å²) in [7, 11) is 0. The molecule has 5 aromatic rings. The predicted octanol–water partition coefficient (Wildman–Crippen LogP) is 5.54. The zero-order valence-electron chi connectivity index (χ0n) is 18.1. The average Bonchev–Trinajstić information content (AvgIpc) is 3.41. The van der Waals surface area contributed by atoms with E-state index in [-0.39, 0.29) is 5.56 Å². The number of benzene rings is 2. The minimum absolute atomic E-state index is 0.0183. The van der Waals surface area contributed by atoms with Crippen molar-refractivity contribution in [2.45, 2.75) is 32.6 Å². The van der Waals surface area contributed by atoms with Gasteiger partial charge in [0.2, 0.25) is 0 Å². The fraction of sp³-hybridized carbons (Fsp3) is 0.192. The third-order valence-corrected chi connectivity index (χ3v) is 5.52. The first-order chi connectivity index (χ1) is 15.9. The van der Waals surface area contributed by atoms with Gasteiger partial charge < -0.3 is 4.52 Å². The second-order valence-electron chi connectivity index (χ2n) is 7.96. The number of aryl methyl sites for hydroxylation is 1. The van der Waals surface area contributed by atoms with E-state index in [0.717, 1.165) is 35.5 Å². The molecule has 5 rings (SSSR count). The molecule has 0 unspecified atom stereocenters. The number of rotatable bonds is 4. The molecule has 0 aliphatic carbocycles. The highest BCUT2D eigenvalue weighted by Crippen LogP contribution is 2.30. The molecule has 0 atom stereocenters. The van der Waals surface area contributed by atoms with Crippen LogP contribution in [0, 0.1) is 11.8 Å². The average molecular weight is 442 g/mol. The standard InChI is InChI=1S/C26H20F2N4O/c1-3-17-12-19(9-10-21-16-29-24-8-5-11-30-32(21)24)25-22(14-17)23(31-33-25)15-18-6-4-7-20(13-18)26(2,27)28/h4-8,11-14,16H,3,15H2,1-2H3. The van der Waals surface area contributed by atoms with Crippen LogP contribution in [0.1, 0.15) is 47.5 Å². The number of halogens is 2. The molecule has 7 heteroatoms. The molecule has 3 aromatic heterocycles. The van der Waals surface area contributed by atoms with E-state index in [9.17, 15) is 8.78 Å². The zero-order chi connectivity index (χ0) is 23.0. The third-order valence-electron chi connectivity index (χ3n) is 5.52. The molecule has 0 amide bonds. The van der Waals surface area contributed by atoms with Crippen LogP contribution in [0.25, 0.3) is 16.6 Å². The van der Waals surface area contributed by atoms with Crippen LogP contribution in [0.15, 0.2) is 65.4 Å². The molecule has 2 aromatic carbocycles. The first-order valence-corrected chi connectivity index (χ1v) is 10.6. The lowest BCUT2D eigenvalue weighted by molar-refractivity contribution is 0.0174. The molecule has 0 N–H and O–H groups in total. The van der Waals surface area contributed by atoms with Crippen LogP contribution in [0.3, 0.4) is 0 Å². The van der Waals surface area contributed by atoms with Crippen LogP contribution in [0.4, 0.5) is 8.78 Å². The minimum atomic E-state index is -2.90. The summed E-state index contributed by atoms with van der Waals surface area (Å²) in [6.07, 6.45) is 4.55. The number of nitrogens with zero attached hydrogens (tertiary/aromatic N) is 4. The fourth-order valence-corrected chi connectivity index (χ4v) is 3.77. The second-order valence-corrected chi connectivity index (χ2v) is 7.96. The maximum absolute atomic E-state index is 13.8. The summed E-state index contributed by atoms with van der Waals surface area (Å²) in [5, 5.41) is 9.38. The number of hydrogen-bond acceptors (Lipinski definition) is 4. The maximum atomic E-state index is 13.8. The van der Waals surface area contributed by atoms with Gasteiger partial charge in [-0.2, -0.15) is 5.10 Å². The summed E-state index contributed by atoms with van der Waals surface area (Å²) in [5.41, 5.74) is 5.17. The molecule has 164 valence electrons. The summed E-state index contributed by atoms with van der Waals surface area (Å²) in [5.74, 6) is 3.41. The van der Waals surface area contributed by atoms with E-state index < -0.39 is 5.92 Å². The molecule has 0 fully saturated rings. The summed E-state index contributed by atoms with van der Waals surface area (Å²) >= 11 is 0. The van der Waals surface area contributed by atoms with Gasteiger partial charge in [-0.25, -0.2) is 18.3 Å². The van der Waals surface area contributed by atoms with E-state index in [4.69, 9.17) is 4.52 Å². The van der Waals surface area contributed by atoms with Gasteiger partial charge in [0.15, 0.2) is 11.2 Å². The second kappa shape index (κ2) is 8.14. The van der Waals surface area contributed by atoms with Crippen LogP contribution < -0.4 is 0 Å². The number of hydrogen-bond donors (Lipinski definition) is 0. The van der Waals surface area contributed by atoms with Crippen molar-refractivity contribution in [2.24, 2.45) is 0 Å². The highest BCUT2D eigenvalue weighted by atomic mass is 19.3. The van der Waals surface area contributed by atoms with Crippen molar-refractivity contribution in [1.29, 1.82) is 0 Å². The Morgan fingerprint density at radius 3 is 2.76 bits per heavy atom. The normalized spacial score (nSPS) is 11.6. The molecule has 0 saturated carbocycles. The van der Waals surface area contributed by atoms with Crippen molar-refractivity contribution in [3.05, 3.63) is 94.6 Å². The Bertz CT molecular complexity index is 1530. The molecular formula is C26H20F2N4O. The Labute approximate surface area is 189 Å². The third kappa shape index (κ3) is 4.08. The van der Waals surface area contributed by atoms with Gasteiger partial charge >= 0.3 is 0 Å². The Kier molecular flexibility index (Phi) is 5.14. The molecule has 0 spiro atoms. The largest absolute Gasteiger partial charge is 0.355 e. The van der Waals surface area contributed by atoms with Crippen molar-refractivity contribution < 1.29 is 13.3 Å². The van der Waals surface area contributed by atoms with Gasteiger partial charge in [-0.3, -0.25) is 0 Å². The molecule has 0 bridgehead atoms. The quantitative estimate of drug-likeness (QED) is 0.343. The summed E-state index contributed by atoms with van der Waals surface area (Å²) in [6.45, 7) is 2.96. The minimum Gasteiger partial charge on any atom is -0.355 e. The molecule has 5 nitrogen and oxygen atoms in total. The Morgan fingerprint density at radius 2 is 1.94 bits per heavy atom. The van der Waals surface area contributed by atoms with Gasteiger partial charge in [-0.15, -0.1) is 0 Å². The van der Waals surface area contributed by atoms with E-state index in [1.165, 1.54) is 12.1 Å². The Morgan fingerprint density at radius 1 is 1.06 bits per heavy atom. The van der Waals surface area contributed by atoms with Gasteiger partial charge in [0.05, 0.1) is 17.5 Å². The predicted molar refractivity (Wildman–Crippen MR) is 121 cm³/mol. The smallest absolute Gasteiger partial charge is 0.270 e. The maximum Gasteiger partial charge on any atom is 0.270 e. The lowest BCUT2D eigenvalue weighted by Gasteiger charge is -2.11. The van der Waals surface area contributed by atoms with Crippen LogP contribution in [0.5, 0.6) is 0 Å². The van der Waals surface area contributed by atoms with Crippen LogP contribution in [-0.2, 0) is 18.8 Å². The lowest BCUT2D eigenvalue weighted by atomic mass is 9.99. The Hall–Kier alpha value is -4.05. The van der Waals surface area contributed by atoms with Crippen molar-refractivity contribution in [3.63, 3.8) is 0 Å². The van der Waals surface area contributed by atoms with Gasteiger partial charge in [-0.05, 0) is 53.8 Å². The number of fused-ring (bicyclic) bond motifs is 2. The van der Waals surface area contributed by atoms with E-state index in [0.29, 0.717) is 29.0 Å². The van der Waals surface area contributed by atoms with Gasteiger partial charge in [-0.1, -0.05) is 36.2 Å². The van der Waals surface area contributed by atoms with E-state index in [2.05, 4.69) is 34.0 Å². The molecule has 0 radical (unpaired) electrons. The van der Waals surface area contributed by atoms with Gasteiger partial charge in [0.1, 0.15) is 5.69 Å². The van der Waals surface area contributed by atoms with Crippen molar-refractivity contribution in [1.82, 2.24) is 19.8 Å². The van der Waals surface area contributed by atoms with Gasteiger partial charge in [0, 0.05) is 30.5 Å². The molecule has 0 aliphatic rings. The fourth-order valence-electron chi connectivity index (χ4n) is 3.77. The molecule has 0 aliphatic heterocycles. The van der Waals surface area contributed by atoms with Gasteiger partial charge in [0.25, 0.3) is 5.92 Å². The van der Waals surface area contributed by atoms with Crippen molar-refractivity contribution in [3.8, 4) is 11.8 Å². The molecule has 0 saturated heterocycles. The van der Waals surface area contributed by atoms with E-state index >= 15 is 0 Å². The highest BCUT2D eigenvalue weighted by molar-refractivity contribution is 5.86. The first kappa shape index (κ1) is 20.8. The van der Waals surface area contributed by atoms with Crippen LogP contribution >= 0.6 is 0 Å². The Balaban J connectivity index is 1.55. The topological polar surface area (TPSA) is 56.2 Å². The molecule has 33 heavy (non-hydrogen) atoms. The highest BCUT2D eigenvalue weighted by Gasteiger charge is 2.24. The number of imidazole rings is 1. The van der Waals surface area contributed by atoms with Crippen LogP contribution in [-0.4, -0.2) is 19.8 Å². The van der Waals surface area contributed by atoms with E-state index in [1.54, 1.807) is 23.0 Å². The molecule has 3 heterocycles. The van der Waals surface area contributed by atoms with Crippen molar-refractivity contribution >= 4 is 16.6 Å². The summed E-state index contributed by atoms with van der Waals surface area (Å²) in [4.78, 5) is 4.31. The van der Waals surface area contributed by atoms with Crippen molar-refractivity contribution in [2.75, 3.05) is 0 Å². The number of alkyl halides is 2. The SMILES string of the molecule is CCc1cc(C#Cc2cnc3cccnn23)c2onc(Cc3cccc(C(C)(F)F)c3)c2c1. The lowest BCUT2D eigenvalue weighted by Crippen LogP contribution is -2.07. The monoisotopic (exact) mass is 442 g/mol. The summed E-state index contributed by atoms with van der Waals surface area (Å²) in [6, 6.07) is 14.1. The zero-order valence-corrected chi connectivity index (χ0v) is 18.1. The first-order valence-electron chi connectivity index (χ1n) is 10.6. The van der Waals surface area contributed by atoms with E-state index in [1.807, 2.05) is 30.3 Å². The van der Waals surface area contributed by atoms with Crippen LogP contribution in [0.2, 0.25) is 0 Å².